The number of nitro groups is 1. The number of amides is 1. The van der Waals surface area contributed by atoms with Gasteiger partial charge in [0.15, 0.2) is 0 Å². The van der Waals surface area contributed by atoms with E-state index in [9.17, 15) is 20.0 Å². The van der Waals surface area contributed by atoms with Gasteiger partial charge in [-0.25, -0.2) is 5.43 Å². The number of hydrogen-bond donors (Lipinski definition) is 2. The lowest BCUT2D eigenvalue weighted by atomic mass is 10.2. The number of anilines is 1. The number of rotatable bonds is 6. The molecule has 0 bridgehead atoms. The van der Waals surface area contributed by atoms with Gasteiger partial charge in [-0.3, -0.25) is 14.9 Å². The van der Waals surface area contributed by atoms with Crippen LogP contribution in [0.2, 0.25) is 0 Å². The van der Waals surface area contributed by atoms with Gasteiger partial charge in [0.05, 0.1) is 24.3 Å². The number of non-ortho nitro benzene ring substituents is 1. The second-order valence-corrected chi connectivity index (χ2v) is 4.29. The SMILES string of the molecule is COc1cc([N+](=O)[O-])cc(C=NNC(=O)Cn2nnc(N)n2)c1[O-]. The van der Waals surface area contributed by atoms with Crippen LogP contribution in [0.5, 0.6) is 11.5 Å². The summed E-state index contributed by atoms with van der Waals surface area (Å²) < 4.78 is 4.78. The lowest BCUT2D eigenvalue weighted by molar-refractivity contribution is -0.385. The summed E-state index contributed by atoms with van der Waals surface area (Å²) in [6.07, 6.45) is 0.971. The first-order chi connectivity index (χ1) is 11.4. The van der Waals surface area contributed by atoms with Crippen LogP contribution >= 0.6 is 0 Å². The largest absolute Gasteiger partial charge is 0.870 e. The Morgan fingerprint density at radius 1 is 1.58 bits per heavy atom. The highest BCUT2D eigenvalue weighted by Crippen LogP contribution is 2.31. The topological polar surface area (TPSA) is 187 Å². The van der Waals surface area contributed by atoms with Crippen molar-refractivity contribution in [2.75, 3.05) is 12.8 Å². The van der Waals surface area contributed by atoms with Crippen LogP contribution in [0.4, 0.5) is 11.6 Å². The number of hydrazone groups is 1. The van der Waals surface area contributed by atoms with Crippen LogP contribution in [0.1, 0.15) is 5.56 Å². The number of ether oxygens (including phenoxy) is 1. The van der Waals surface area contributed by atoms with Crippen molar-refractivity contribution in [1.82, 2.24) is 25.6 Å². The molecular weight excluding hydrogens is 324 g/mol. The Hall–Kier alpha value is -3.77. The summed E-state index contributed by atoms with van der Waals surface area (Å²) in [4.78, 5) is 22.7. The number of tetrazole rings is 1. The molecule has 0 saturated heterocycles. The second-order valence-electron chi connectivity index (χ2n) is 4.29. The van der Waals surface area contributed by atoms with Gasteiger partial charge in [0.1, 0.15) is 12.3 Å². The third-order valence-corrected chi connectivity index (χ3v) is 2.65. The van der Waals surface area contributed by atoms with Gasteiger partial charge in [0.2, 0.25) is 0 Å². The van der Waals surface area contributed by atoms with Crippen LogP contribution in [-0.4, -0.2) is 44.4 Å². The molecule has 0 atom stereocenters. The summed E-state index contributed by atoms with van der Waals surface area (Å²) in [5.41, 5.74) is 6.89. The molecule has 3 N–H and O–H groups in total. The minimum Gasteiger partial charge on any atom is -0.870 e. The number of methoxy groups -OCH3 is 1. The predicted molar refractivity (Wildman–Crippen MR) is 77.1 cm³/mol. The molecule has 1 amide bonds. The summed E-state index contributed by atoms with van der Waals surface area (Å²) in [5.74, 6) is -1.52. The van der Waals surface area contributed by atoms with Crippen molar-refractivity contribution >= 4 is 23.8 Å². The first kappa shape index (κ1) is 16.6. The summed E-state index contributed by atoms with van der Waals surface area (Å²) in [6.45, 7) is -0.302. The van der Waals surface area contributed by atoms with Crippen molar-refractivity contribution in [1.29, 1.82) is 0 Å². The van der Waals surface area contributed by atoms with Crippen LogP contribution in [-0.2, 0) is 11.3 Å². The lowest BCUT2D eigenvalue weighted by Crippen LogP contribution is -2.24. The molecule has 0 fully saturated rings. The van der Waals surface area contributed by atoms with E-state index in [4.69, 9.17) is 10.5 Å². The molecule has 2 aromatic rings. The number of nitrogen functional groups attached to an aromatic ring is 1. The van der Waals surface area contributed by atoms with E-state index in [0.29, 0.717) is 0 Å². The van der Waals surface area contributed by atoms with Crippen LogP contribution < -0.4 is 21.0 Å². The Balaban J connectivity index is 2.09. The third kappa shape index (κ3) is 3.90. The van der Waals surface area contributed by atoms with Gasteiger partial charge in [-0.2, -0.15) is 9.90 Å². The number of aromatic nitrogens is 4. The Labute approximate surface area is 133 Å². The van der Waals surface area contributed by atoms with Crippen LogP contribution in [0.3, 0.4) is 0 Å². The maximum Gasteiger partial charge on any atom is 0.273 e. The first-order valence-corrected chi connectivity index (χ1v) is 6.29. The molecule has 0 aliphatic carbocycles. The van der Waals surface area contributed by atoms with E-state index in [-0.39, 0.29) is 29.5 Å². The molecule has 2 rings (SSSR count). The number of nitrogens with one attached hydrogen (secondary N) is 1. The number of hydrogen-bond acceptors (Lipinski definition) is 10. The van der Waals surface area contributed by atoms with Gasteiger partial charge in [0.25, 0.3) is 17.5 Å². The van der Waals surface area contributed by atoms with Crippen LogP contribution in [0, 0.1) is 10.1 Å². The Bertz CT molecular complexity index is 802. The van der Waals surface area contributed by atoms with Gasteiger partial charge >= 0.3 is 0 Å². The smallest absolute Gasteiger partial charge is 0.273 e. The number of nitrogens with zero attached hydrogens (tertiary/aromatic N) is 6. The fourth-order valence-electron chi connectivity index (χ4n) is 1.62. The van der Waals surface area contributed by atoms with E-state index in [1.165, 1.54) is 7.11 Å². The second kappa shape index (κ2) is 6.99. The zero-order chi connectivity index (χ0) is 17.7. The Morgan fingerprint density at radius 2 is 2.33 bits per heavy atom. The molecule has 0 radical (unpaired) electrons. The van der Waals surface area contributed by atoms with Gasteiger partial charge in [-0.05, 0) is 10.8 Å². The molecule has 0 unspecified atom stereocenters. The molecule has 0 aliphatic heterocycles. The monoisotopic (exact) mass is 335 g/mol. The average molecular weight is 335 g/mol. The Kier molecular flexibility index (Phi) is 4.84. The van der Waals surface area contributed by atoms with Crippen molar-refractivity contribution in [3.63, 3.8) is 0 Å². The van der Waals surface area contributed by atoms with E-state index in [1.807, 2.05) is 0 Å². The van der Waals surface area contributed by atoms with Crippen LogP contribution in [0.15, 0.2) is 17.2 Å². The minimum absolute atomic E-state index is 0.0917. The third-order valence-electron chi connectivity index (χ3n) is 2.65. The molecular formula is C11H11N8O5-. The molecule has 1 heterocycles. The normalized spacial score (nSPS) is 10.7. The highest BCUT2D eigenvalue weighted by Gasteiger charge is 2.11. The van der Waals surface area contributed by atoms with Crippen molar-refractivity contribution in [3.05, 3.63) is 27.8 Å². The van der Waals surface area contributed by atoms with Gasteiger partial charge in [-0.1, -0.05) is 10.8 Å². The maximum atomic E-state index is 11.9. The summed E-state index contributed by atoms with van der Waals surface area (Å²) >= 11 is 0. The maximum absolute atomic E-state index is 11.9. The van der Waals surface area contributed by atoms with E-state index < -0.39 is 16.6 Å². The molecule has 1 aromatic carbocycles. The molecule has 0 spiro atoms. The minimum atomic E-state index is -0.682. The molecule has 126 valence electrons. The molecule has 1 aromatic heterocycles. The fraction of sp³-hybridized carbons (Fsp3) is 0.182. The van der Waals surface area contributed by atoms with E-state index in [0.717, 1.165) is 23.1 Å². The fourth-order valence-corrected chi connectivity index (χ4v) is 1.62. The first-order valence-electron chi connectivity index (χ1n) is 6.29. The molecule has 0 aliphatic rings. The van der Waals surface area contributed by atoms with E-state index in [1.54, 1.807) is 0 Å². The Morgan fingerprint density at radius 3 is 2.92 bits per heavy atom. The molecule has 13 nitrogen and oxygen atoms in total. The van der Waals surface area contributed by atoms with Crippen molar-refractivity contribution in [2.45, 2.75) is 6.54 Å². The van der Waals surface area contributed by atoms with Crippen LogP contribution in [0.25, 0.3) is 0 Å². The number of carbonyl (C=O) groups is 1. The number of carbonyl (C=O) groups excluding carboxylic acids is 1. The number of nitrogens with two attached hydrogens (primary N) is 1. The lowest BCUT2D eigenvalue weighted by Gasteiger charge is -2.14. The summed E-state index contributed by atoms with van der Waals surface area (Å²) in [5, 5.41) is 36.8. The quantitative estimate of drug-likeness (QED) is 0.356. The number of benzene rings is 1. The van der Waals surface area contributed by atoms with Crippen molar-refractivity contribution < 1.29 is 19.6 Å². The molecule has 13 heteroatoms. The molecule has 24 heavy (non-hydrogen) atoms. The average Bonchev–Trinajstić information content (AvgIpc) is 2.93. The van der Waals surface area contributed by atoms with E-state index in [2.05, 4.69) is 25.9 Å². The number of nitro benzene ring substituents is 1. The summed E-state index contributed by atoms with van der Waals surface area (Å²) in [6, 6.07) is 2.01. The van der Waals surface area contributed by atoms with Gasteiger partial charge in [0, 0.05) is 6.07 Å². The summed E-state index contributed by atoms with van der Waals surface area (Å²) in [7, 11) is 1.21. The zero-order valence-electron chi connectivity index (χ0n) is 12.2. The highest BCUT2D eigenvalue weighted by atomic mass is 16.6. The van der Waals surface area contributed by atoms with E-state index >= 15 is 0 Å². The highest BCUT2D eigenvalue weighted by molar-refractivity contribution is 5.87. The predicted octanol–water partition coefficient (Wildman–Crippen LogP) is -1.60. The van der Waals surface area contributed by atoms with Crippen molar-refractivity contribution in [2.24, 2.45) is 5.10 Å². The standard InChI is InChI=1S/C11H12N8O5/c1-24-8-3-7(19(22)23)2-6(10(8)21)4-13-14-9(20)5-18-16-11(12)15-17-18/h2-4,21H,5H2,1H3,(H2,12,16)(H,14,20)/p-1. The zero-order valence-corrected chi connectivity index (χ0v) is 12.2. The van der Waals surface area contributed by atoms with Gasteiger partial charge in [-0.15, -0.1) is 5.10 Å². The van der Waals surface area contributed by atoms with Gasteiger partial charge < -0.3 is 15.6 Å². The van der Waals surface area contributed by atoms with Crippen molar-refractivity contribution in [3.8, 4) is 11.5 Å². The molecule has 0 saturated carbocycles.